The Balaban J connectivity index is 1.68. The molecule has 0 aliphatic rings. The van der Waals surface area contributed by atoms with Gasteiger partial charge in [-0.2, -0.15) is 5.10 Å². The summed E-state index contributed by atoms with van der Waals surface area (Å²) in [6.45, 7) is 1.76. The third-order valence-corrected chi connectivity index (χ3v) is 3.53. The summed E-state index contributed by atoms with van der Waals surface area (Å²) in [5, 5.41) is 6.85. The Morgan fingerprint density at radius 1 is 1.04 bits per heavy atom. The van der Waals surface area contributed by atoms with Crippen molar-refractivity contribution < 1.29 is 14.0 Å². The standard InChI is InChI=1S/C19H16N4O3/c1-13(22-23-18(24)15-6-3-9-20-12-15)14-5-2-7-16(11-14)21-19(25)17-8-4-10-26-17/h2-12H,1H3,(H,21,25)(H,23,24)/b22-13+. The van der Waals surface area contributed by atoms with Crippen LogP contribution in [0.2, 0.25) is 0 Å². The van der Waals surface area contributed by atoms with Crippen LogP contribution in [0.4, 0.5) is 5.69 Å². The molecule has 3 rings (SSSR count). The van der Waals surface area contributed by atoms with Gasteiger partial charge in [-0.15, -0.1) is 0 Å². The molecule has 7 nitrogen and oxygen atoms in total. The Hall–Kier alpha value is -3.74. The summed E-state index contributed by atoms with van der Waals surface area (Å²) in [4.78, 5) is 27.9. The number of hydrogen-bond acceptors (Lipinski definition) is 5. The maximum atomic E-state index is 12.0. The predicted octanol–water partition coefficient (Wildman–Crippen LogP) is 3.08. The van der Waals surface area contributed by atoms with Gasteiger partial charge in [0.1, 0.15) is 0 Å². The van der Waals surface area contributed by atoms with Gasteiger partial charge < -0.3 is 9.73 Å². The van der Waals surface area contributed by atoms with E-state index in [1.165, 1.54) is 12.5 Å². The van der Waals surface area contributed by atoms with E-state index < -0.39 is 0 Å². The van der Waals surface area contributed by atoms with Crippen LogP contribution in [0.5, 0.6) is 0 Å². The van der Waals surface area contributed by atoms with Gasteiger partial charge in [-0.1, -0.05) is 12.1 Å². The van der Waals surface area contributed by atoms with Crippen LogP contribution in [0.15, 0.2) is 76.7 Å². The van der Waals surface area contributed by atoms with Gasteiger partial charge >= 0.3 is 0 Å². The fourth-order valence-corrected chi connectivity index (χ4v) is 2.18. The molecule has 3 aromatic rings. The number of furan rings is 1. The summed E-state index contributed by atoms with van der Waals surface area (Å²) < 4.78 is 5.06. The highest BCUT2D eigenvalue weighted by molar-refractivity contribution is 6.04. The molecule has 0 bridgehead atoms. The van der Waals surface area contributed by atoms with Crippen LogP contribution in [0, 0.1) is 0 Å². The number of rotatable bonds is 5. The lowest BCUT2D eigenvalue weighted by molar-refractivity contribution is 0.0953. The van der Waals surface area contributed by atoms with Gasteiger partial charge in [-0.25, -0.2) is 5.43 Å². The van der Waals surface area contributed by atoms with Gasteiger partial charge in [0, 0.05) is 18.1 Å². The summed E-state index contributed by atoms with van der Waals surface area (Å²) in [6.07, 6.45) is 4.49. The Morgan fingerprint density at radius 2 is 1.88 bits per heavy atom. The predicted molar refractivity (Wildman–Crippen MR) is 97.0 cm³/mol. The van der Waals surface area contributed by atoms with Crippen molar-refractivity contribution in [1.82, 2.24) is 10.4 Å². The first-order chi connectivity index (χ1) is 12.6. The molecule has 0 saturated heterocycles. The Bertz CT molecular complexity index is 934. The lowest BCUT2D eigenvalue weighted by Crippen LogP contribution is -2.19. The molecule has 0 saturated carbocycles. The Labute approximate surface area is 149 Å². The van der Waals surface area contributed by atoms with Crippen molar-refractivity contribution in [2.45, 2.75) is 6.92 Å². The fourth-order valence-electron chi connectivity index (χ4n) is 2.18. The van der Waals surface area contributed by atoms with E-state index in [-0.39, 0.29) is 17.6 Å². The number of aromatic nitrogens is 1. The van der Waals surface area contributed by atoms with Crippen molar-refractivity contribution in [3.63, 3.8) is 0 Å². The molecular weight excluding hydrogens is 332 g/mol. The summed E-state index contributed by atoms with van der Waals surface area (Å²) in [6, 6.07) is 13.7. The molecule has 130 valence electrons. The van der Waals surface area contributed by atoms with E-state index in [2.05, 4.69) is 20.8 Å². The molecule has 2 N–H and O–H groups in total. The molecule has 2 aromatic heterocycles. The van der Waals surface area contributed by atoms with Gasteiger partial charge in [0.05, 0.1) is 17.5 Å². The smallest absolute Gasteiger partial charge is 0.291 e. The van der Waals surface area contributed by atoms with Crippen molar-refractivity contribution in [3.05, 3.63) is 84.1 Å². The quantitative estimate of drug-likeness (QED) is 0.547. The van der Waals surface area contributed by atoms with Crippen LogP contribution in [-0.4, -0.2) is 22.5 Å². The van der Waals surface area contributed by atoms with Crippen molar-refractivity contribution >= 4 is 23.2 Å². The van der Waals surface area contributed by atoms with E-state index in [9.17, 15) is 9.59 Å². The first-order valence-electron chi connectivity index (χ1n) is 7.83. The van der Waals surface area contributed by atoms with Gasteiger partial charge in [0.15, 0.2) is 5.76 Å². The molecule has 0 fully saturated rings. The minimum atomic E-state index is -0.347. The normalized spacial score (nSPS) is 11.0. The Morgan fingerprint density at radius 3 is 2.62 bits per heavy atom. The van der Waals surface area contributed by atoms with Crippen LogP contribution in [0.3, 0.4) is 0 Å². The number of hydrogen-bond donors (Lipinski definition) is 2. The first-order valence-corrected chi connectivity index (χ1v) is 7.83. The van der Waals surface area contributed by atoms with E-state index in [1.54, 1.807) is 55.6 Å². The number of amides is 2. The lowest BCUT2D eigenvalue weighted by Gasteiger charge is -2.07. The fraction of sp³-hybridized carbons (Fsp3) is 0.0526. The minimum Gasteiger partial charge on any atom is -0.459 e. The second kappa shape index (κ2) is 7.89. The molecule has 2 heterocycles. The van der Waals surface area contributed by atoms with Gasteiger partial charge in [0.2, 0.25) is 0 Å². The molecule has 26 heavy (non-hydrogen) atoms. The van der Waals surface area contributed by atoms with Crippen LogP contribution >= 0.6 is 0 Å². The molecule has 0 atom stereocenters. The van der Waals surface area contributed by atoms with Crippen LogP contribution in [0.1, 0.15) is 33.4 Å². The average Bonchev–Trinajstić information content (AvgIpc) is 3.22. The SMILES string of the molecule is C/C(=N\NC(=O)c1cccnc1)c1cccc(NC(=O)c2ccco2)c1. The molecular formula is C19H16N4O3. The molecule has 0 unspecified atom stereocenters. The number of benzene rings is 1. The number of carbonyl (C=O) groups excluding carboxylic acids is 2. The third kappa shape index (κ3) is 4.21. The summed E-state index contributed by atoms with van der Waals surface area (Å²) in [5.74, 6) is -0.462. The van der Waals surface area contributed by atoms with Crippen molar-refractivity contribution in [1.29, 1.82) is 0 Å². The zero-order valence-corrected chi connectivity index (χ0v) is 14.0. The second-order valence-corrected chi connectivity index (χ2v) is 5.39. The molecule has 0 aliphatic heterocycles. The maximum Gasteiger partial charge on any atom is 0.291 e. The highest BCUT2D eigenvalue weighted by Crippen LogP contribution is 2.13. The highest BCUT2D eigenvalue weighted by atomic mass is 16.3. The molecule has 0 spiro atoms. The van der Waals surface area contributed by atoms with Crippen LogP contribution in [0.25, 0.3) is 0 Å². The van der Waals surface area contributed by atoms with Gasteiger partial charge in [-0.3, -0.25) is 14.6 Å². The van der Waals surface area contributed by atoms with Gasteiger partial charge in [0.25, 0.3) is 11.8 Å². The molecule has 1 aromatic carbocycles. The van der Waals surface area contributed by atoms with Gasteiger partial charge in [-0.05, 0) is 48.9 Å². The number of nitrogens with one attached hydrogen (secondary N) is 2. The van der Waals surface area contributed by atoms with E-state index in [0.29, 0.717) is 17.0 Å². The second-order valence-electron chi connectivity index (χ2n) is 5.39. The van der Waals surface area contributed by atoms with Crippen LogP contribution in [-0.2, 0) is 0 Å². The third-order valence-electron chi connectivity index (χ3n) is 3.53. The van der Waals surface area contributed by atoms with E-state index >= 15 is 0 Å². The van der Waals surface area contributed by atoms with Crippen molar-refractivity contribution in [3.8, 4) is 0 Å². The number of nitrogens with zero attached hydrogens (tertiary/aromatic N) is 2. The lowest BCUT2D eigenvalue weighted by atomic mass is 10.1. The molecule has 0 aliphatic carbocycles. The monoisotopic (exact) mass is 348 g/mol. The molecule has 2 amide bonds. The number of hydrazone groups is 1. The number of pyridine rings is 1. The molecule has 0 radical (unpaired) electrons. The van der Waals surface area contributed by atoms with E-state index in [4.69, 9.17) is 4.42 Å². The summed E-state index contributed by atoms with van der Waals surface area (Å²) in [7, 11) is 0. The average molecular weight is 348 g/mol. The zero-order valence-electron chi connectivity index (χ0n) is 14.0. The zero-order chi connectivity index (χ0) is 18.4. The first kappa shape index (κ1) is 17.1. The topological polar surface area (TPSA) is 96.6 Å². The summed E-state index contributed by atoms with van der Waals surface area (Å²) in [5.41, 5.74) is 4.85. The van der Waals surface area contributed by atoms with Crippen molar-refractivity contribution in [2.24, 2.45) is 5.10 Å². The van der Waals surface area contributed by atoms with E-state index in [0.717, 1.165) is 5.56 Å². The largest absolute Gasteiger partial charge is 0.459 e. The summed E-state index contributed by atoms with van der Waals surface area (Å²) >= 11 is 0. The van der Waals surface area contributed by atoms with Crippen molar-refractivity contribution in [2.75, 3.05) is 5.32 Å². The highest BCUT2D eigenvalue weighted by Gasteiger charge is 2.09. The maximum absolute atomic E-state index is 12.0. The number of anilines is 1. The molecule has 7 heteroatoms. The Kier molecular flexibility index (Phi) is 5.19. The van der Waals surface area contributed by atoms with Crippen LogP contribution < -0.4 is 10.7 Å². The minimum absolute atomic E-state index is 0.226. The number of carbonyl (C=O) groups is 2. The van der Waals surface area contributed by atoms with E-state index in [1.807, 2.05) is 6.07 Å².